The van der Waals surface area contributed by atoms with Crippen LogP contribution in [0.1, 0.15) is 25.0 Å². The Hall–Kier alpha value is -2.67. The Morgan fingerprint density at radius 2 is 1.88 bits per heavy atom. The van der Waals surface area contributed by atoms with Gasteiger partial charge in [0.15, 0.2) is 0 Å². The Kier molecular flexibility index (Phi) is 6.01. The van der Waals surface area contributed by atoms with E-state index in [0.29, 0.717) is 11.1 Å². The molecule has 0 saturated carbocycles. The maximum absolute atomic E-state index is 12.4. The van der Waals surface area contributed by atoms with Crippen molar-refractivity contribution in [1.29, 1.82) is 0 Å². The van der Waals surface area contributed by atoms with Crippen molar-refractivity contribution in [3.05, 3.63) is 53.9 Å². The van der Waals surface area contributed by atoms with Gasteiger partial charge < -0.3 is 9.73 Å². The number of nitrogens with one attached hydrogen (secondary N) is 1. The minimum atomic E-state index is -0.0910. The number of hydrogen-bond donors (Lipinski definition) is 1. The van der Waals surface area contributed by atoms with E-state index in [2.05, 4.69) is 34.3 Å². The van der Waals surface area contributed by atoms with E-state index in [1.807, 2.05) is 24.3 Å². The largest absolute Gasteiger partial charge is 0.411 e. The summed E-state index contributed by atoms with van der Waals surface area (Å²) in [5, 5.41) is 11.4. The summed E-state index contributed by atoms with van der Waals surface area (Å²) in [6, 6.07) is 9.76. The number of thioether (sulfide) groups is 1. The normalized spacial score (nSPS) is 10.7. The third-order valence-electron chi connectivity index (χ3n) is 3.90. The highest BCUT2D eigenvalue weighted by atomic mass is 32.2. The lowest BCUT2D eigenvalue weighted by Crippen LogP contribution is -2.16. The number of hydrogen-bond acceptors (Lipinski definition) is 6. The monoisotopic (exact) mass is 368 g/mol. The van der Waals surface area contributed by atoms with E-state index in [1.165, 1.54) is 11.8 Å². The molecular weight excluding hydrogens is 348 g/mol. The van der Waals surface area contributed by atoms with E-state index in [9.17, 15) is 4.79 Å². The zero-order valence-electron chi connectivity index (χ0n) is 14.7. The summed E-state index contributed by atoms with van der Waals surface area (Å²) in [5.41, 5.74) is 3.95. The molecule has 0 fully saturated rings. The topological polar surface area (TPSA) is 80.9 Å². The Morgan fingerprint density at radius 1 is 1.12 bits per heavy atom. The number of para-hydroxylation sites is 1. The number of aromatic nitrogens is 3. The zero-order valence-corrected chi connectivity index (χ0v) is 15.5. The molecule has 1 aromatic carbocycles. The van der Waals surface area contributed by atoms with E-state index in [1.54, 1.807) is 18.5 Å². The maximum atomic E-state index is 12.4. The van der Waals surface area contributed by atoms with Crippen LogP contribution in [0.25, 0.3) is 11.5 Å². The van der Waals surface area contributed by atoms with Crippen LogP contribution in [0, 0.1) is 0 Å². The smallest absolute Gasteiger partial charge is 0.277 e. The van der Waals surface area contributed by atoms with Gasteiger partial charge >= 0.3 is 0 Å². The van der Waals surface area contributed by atoms with Gasteiger partial charge in [0.05, 0.1) is 11.3 Å². The van der Waals surface area contributed by atoms with Crippen LogP contribution in [-0.2, 0) is 17.6 Å². The first-order chi connectivity index (χ1) is 12.7. The molecule has 134 valence electrons. The molecular formula is C19H20N4O2S. The molecule has 0 atom stereocenters. The minimum absolute atomic E-state index is 0.0910. The zero-order chi connectivity index (χ0) is 18.4. The van der Waals surface area contributed by atoms with Gasteiger partial charge in [-0.25, -0.2) is 0 Å². The van der Waals surface area contributed by atoms with Crippen LogP contribution in [0.4, 0.5) is 5.69 Å². The first kappa shape index (κ1) is 18.1. The minimum Gasteiger partial charge on any atom is -0.411 e. The Morgan fingerprint density at radius 3 is 2.54 bits per heavy atom. The Bertz CT molecular complexity index is 858. The number of nitrogens with zero attached hydrogens (tertiary/aromatic N) is 3. The second-order valence-corrected chi connectivity index (χ2v) is 6.54. The van der Waals surface area contributed by atoms with Crippen molar-refractivity contribution in [3.8, 4) is 11.5 Å². The van der Waals surface area contributed by atoms with Crippen LogP contribution in [0.3, 0.4) is 0 Å². The molecule has 26 heavy (non-hydrogen) atoms. The van der Waals surface area contributed by atoms with Crippen molar-refractivity contribution < 1.29 is 9.21 Å². The van der Waals surface area contributed by atoms with Crippen LogP contribution >= 0.6 is 11.8 Å². The summed E-state index contributed by atoms with van der Waals surface area (Å²) in [6.07, 6.45) is 5.07. The van der Waals surface area contributed by atoms with Crippen LogP contribution < -0.4 is 5.32 Å². The summed E-state index contributed by atoms with van der Waals surface area (Å²) in [5.74, 6) is 0.507. The summed E-state index contributed by atoms with van der Waals surface area (Å²) in [7, 11) is 0. The highest BCUT2D eigenvalue weighted by Gasteiger charge is 2.13. The van der Waals surface area contributed by atoms with E-state index < -0.39 is 0 Å². The number of anilines is 1. The summed E-state index contributed by atoms with van der Waals surface area (Å²) in [6.45, 7) is 4.16. The first-order valence-corrected chi connectivity index (χ1v) is 9.47. The van der Waals surface area contributed by atoms with E-state index in [4.69, 9.17) is 4.42 Å². The van der Waals surface area contributed by atoms with Crippen molar-refractivity contribution in [1.82, 2.24) is 15.2 Å². The molecule has 2 heterocycles. The molecule has 0 aliphatic rings. The van der Waals surface area contributed by atoms with Gasteiger partial charge in [-0.05, 0) is 36.1 Å². The van der Waals surface area contributed by atoms with Crippen molar-refractivity contribution >= 4 is 23.4 Å². The van der Waals surface area contributed by atoms with Crippen molar-refractivity contribution in [2.24, 2.45) is 0 Å². The highest BCUT2D eigenvalue weighted by Crippen LogP contribution is 2.25. The Balaban J connectivity index is 1.63. The fourth-order valence-electron chi connectivity index (χ4n) is 2.58. The molecule has 0 aliphatic carbocycles. The predicted octanol–water partition coefficient (Wildman–Crippen LogP) is 3.99. The number of carbonyl (C=O) groups is 1. The number of carbonyl (C=O) groups excluding carboxylic acids is 1. The molecule has 0 bridgehead atoms. The quantitative estimate of drug-likeness (QED) is 0.635. The van der Waals surface area contributed by atoms with Gasteiger partial charge in [0.1, 0.15) is 0 Å². The van der Waals surface area contributed by atoms with Crippen molar-refractivity contribution in [3.63, 3.8) is 0 Å². The lowest BCUT2D eigenvalue weighted by atomic mass is 10.0. The lowest BCUT2D eigenvalue weighted by molar-refractivity contribution is -0.113. The molecule has 0 saturated heterocycles. The van der Waals surface area contributed by atoms with Crippen molar-refractivity contribution in [2.45, 2.75) is 31.9 Å². The Labute approximate surface area is 156 Å². The molecule has 1 N–H and O–H groups in total. The van der Waals surface area contributed by atoms with E-state index >= 15 is 0 Å². The van der Waals surface area contributed by atoms with Gasteiger partial charge in [-0.1, -0.05) is 43.8 Å². The fourth-order valence-corrected chi connectivity index (χ4v) is 3.14. The number of aryl methyl sites for hydroxylation is 2. The average Bonchev–Trinajstić information content (AvgIpc) is 3.16. The molecule has 6 nitrogen and oxygen atoms in total. The van der Waals surface area contributed by atoms with Crippen molar-refractivity contribution in [2.75, 3.05) is 11.1 Å². The molecule has 2 aromatic heterocycles. The van der Waals surface area contributed by atoms with E-state index in [0.717, 1.165) is 35.2 Å². The third-order valence-corrected chi connectivity index (χ3v) is 4.72. The van der Waals surface area contributed by atoms with Gasteiger partial charge in [0.25, 0.3) is 5.22 Å². The second-order valence-electron chi connectivity index (χ2n) is 5.61. The lowest BCUT2D eigenvalue weighted by Gasteiger charge is -2.13. The molecule has 7 heteroatoms. The van der Waals surface area contributed by atoms with Gasteiger partial charge in [-0.3, -0.25) is 9.78 Å². The number of amides is 1. The second kappa shape index (κ2) is 8.62. The van der Waals surface area contributed by atoms with Gasteiger partial charge in [-0.2, -0.15) is 0 Å². The molecule has 0 spiro atoms. The molecule has 0 aliphatic heterocycles. The third kappa shape index (κ3) is 4.29. The molecule has 3 aromatic rings. The number of pyridine rings is 1. The van der Waals surface area contributed by atoms with E-state index in [-0.39, 0.29) is 11.7 Å². The van der Waals surface area contributed by atoms with Crippen LogP contribution in [-0.4, -0.2) is 26.8 Å². The molecule has 0 radical (unpaired) electrons. The van der Waals surface area contributed by atoms with Gasteiger partial charge in [0.2, 0.25) is 11.8 Å². The first-order valence-electron chi connectivity index (χ1n) is 8.48. The van der Waals surface area contributed by atoms with Crippen LogP contribution in [0.5, 0.6) is 0 Å². The molecule has 1 amide bonds. The highest BCUT2D eigenvalue weighted by molar-refractivity contribution is 7.99. The molecule has 0 unspecified atom stereocenters. The number of benzene rings is 1. The summed E-state index contributed by atoms with van der Waals surface area (Å²) < 4.78 is 5.58. The van der Waals surface area contributed by atoms with Crippen LogP contribution in [0.15, 0.2) is 52.4 Å². The molecule has 3 rings (SSSR count). The predicted molar refractivity (Wildman–Crippen MR) is 102 cm³/mol. The summed E-state index contributed by atoms with van der Waals surface area (Å²) >= 11 is 1.22. The van der Waals surface area contributed by atoms with Gasteiger partial charge in [-0.15, -0.1) is 10.2 Å². The standard InChI is InChI=1S/C19H20N4O2S/c1-3-13-7-5-8-14(4-2)17(13)21-16(24)12-26-19-23-22-18(25-19)15-9-6-10-20-11-15/h5-11H,3-4,12H2,1-2H3,(H,21,24). The average molecular weight is 368 g/mol. The SMILES string of the molecule is CCc1cccc(CC)c1NC(=O)CSc1nnc(-c2cccnc2)o1. The fraction of sp³-hybridized carbons (Fsp3) is 0.263. The van der Waals surface area contributed by atoms with Gasteiger partial charge in [0, 0.05) is 18.1 Å². The maximum Gasteiger partial charge on any atom is 0.277 e. The van der Waals surface area contributed by atoms with Crippen LogP contribution in [0.2, 0.25) is 0 Å². The summed E-state index contributed by atoms with van der Waals surface area (Å²) in [4.78, 5) is 16.4. The number of rotatable bonds is 7.